The zero-order valence-electron chi connectivity index (χ0n) is 15.8. The van der Waals surface area contributed by atoms with Gasteiger partial charge >= 0.3 is 0 Å². The zero-order valence-corrected chi connectivity index (χ0v) is 16.7. The van der Waals surface area contributed by atoms with Gasteiger partial charge in [-0.05, 0) is 17.7 Å². The first-order valence-corrected chi connectivity index (χ1v) is 10.5. The van der Waals surface area contributed by atoms with Crippen LogP contribution >= 0.6 is 0 Å². The molecule has 0 radical (unpaired) electrons. The van der Waals surface area contributed by atoms with Crippen molar-refractivity contribution in [3.63, 3.8) is 0 Å². The summed E-state index contributed by atoms with van der Waals surface area (Å²) in [6, 6.07) is 11.7. The first kappa shape index (κ1) is 19.8. The van der Waals surface area contributed by atoms with Crippen molar-refractivity contribution in [3.05, 3.63) is 88.5 Å². The second-order valence-corrected chi connectivity index (χ2v) is 8.77. The quantitative estimate of drug-likeness (QED) is 0.505. The molecule has 2 aromatic carbocycles. The highest BCUT2D eigenvalue weighted by Gasteiger charge is 2.23. The summed E-state index contributed by atoms with van der Waals surface area (Å²) in [5, 5.41) is 0.228. The molecule has 6 nitrogen and oxygen atoms in total. The zero-order chi connectivity index (χ0) is 21.6. The van der Waals surface area contributed by atoms with Crippen molar-refractivity contribution in [2.24, 2.45) is 7.05 Å². The Bertz CT molecular complexity index is 1440. The number of pyridine rings is 1. The highest BCUT2D eigenvalue weighted by molar-refractivity contribution is 7.89. The molecule has 4 aromatic rings. The van der Waals surface area contributed by atoms with Crippen LogP contribution in [0.25, 0.3) is 22.0 Å². The van der Waals surface area contributed by atoms with Crippen molar-refractivity contribution >= 4 is 26.6 Å². The van der Waals surface area contributed by atoms with Gasteiger partial charge in [-0.2, -0.15) is 0 Å². The molecule has 0 spiro atoms. The Morgan fingerprint density at radius 1 is 1.03 bits per heavy atom. The number of hydrogen-bond acceptors (Lipinski definition) is 4. The average Bonchev–Trinajstić information content (AvgIpc) is 3.14. The average molecular weight is 429 g/mol. The number of hydrogen-bond donors (Lipinski definition) is 1. The molecule has 0 unspecified atom stereocenters. The lowest BCUT2D eigenvalue weighted by atomic mass is 10.0. The number of nitrogen functional groups attached to an aromatic ring is 1. The van der Waals surface area contributed by atoms with Gasteiger partial charge in [0, 0.05) is 42.0 Å². The van der Waals surface area contributed by atoms with Crippen LogP contribution in [0.1, 0.15) is 5.56 Å². The molecule has 2 heterocycles. The summed E-state index contributed by atoms with van der Waals surface area (Å²) < 4.78 is 56.0. The van der Waals surface area contributed by atoms with Crippen LogP contribution in [-0.2, 0) is 22.8 Å². The Balaban J connectivity index is 1.98. The molecule has 30 heavy (non-hydrogen) atoms. The van der Waals surface area contributed by atoms with E-state index in [2.05, 4.69) is 0 Å². The van der Waals surface area contributed by atoms with Gasteiger partial charge in [0.15, 0.2) is 0 Å². The molecular weight excluding hydrogens is 412 g/mol. The van der Waals surface area contributed by atoms with E-state index < -0.39 is 27.2 Å². The van der Waals surface area contributed by atoms with Gasteiger partial charge in [0.2, 0.25) is 10.0 Å². The maximum atomic E-state index is 14.0. The second-order valence-electron chi connectivity index (χ2n) is 6.92. The van der Waals surface area contributed by atoms with E-state index in [9.17, 15) is 22.0 Å². The molecule has 0 aliphatic carbocycles. The lowest BCUT2D eigenvalue weighted by Crippen LogP contribution is -2.23. The Labute approximate surface area is 170 Å². The minimum atomic E-state index is -3.94. The number of aryl methyl sites for hydroxylation is 1. The van der Waals surface area contributed by atoms with Crippen molar-refractivity contribution in [2.45, 2.75) is 5.75 Å². The lowest BCUT2D eigenvalue weighted by Gasteiger charge is -2.12. The lowest BCUT2D eigenvalue weighted by molar-refractivity contribution is 0.586. The largest absolute Gasteiger partial charge is 0.396 e. The van der Waals surface area contributed by atoms with Gasteiger partial charge in [-0.25, -0.2) is 21.2 Å². The Morgan fingerprint density at radius 3 is 2.43 bits per heavy atom. The van der Waals surface area contributed by atoms with Crippen molar-refractivity contribution in [1.82, 2.24) is 8.54 Å². The molecule has 0 bridgehead atoms. The number of rotatable bonds is 4. The number of nitrogens with two attached hydrogens (primary N) is 1. The van der Waals surface area contributed by atoms with E-state index in [4.69, 9.17) is 5.73 Å². The number of nitrogens with zero attached hydrogens (tertiary/aromatic N) is 2. The summed E-state index contributed by atoms with van der Waals surface area (Å²) in [7, 11) is -2.51. The highest BCUT2D eigenvalue weighted by Crippen LogP contribution is 2.34. The van der Waals surface area contributed by atoms with Crippen LogP contribution in [-0.4, -0.2) is 17.0 Å². The Kier molecular flexibility index (Phi) is 4.70. The summed E-state index contributed by atoms with van der Waals surface area (Å²) in [4.78, 5) is 12.8. The van der Waals surface area contributed by atoms with Crippen molar-refractivity contribution in [3.8, 4) is 11.1 Å². The van der Waals surface area contributed by atoms with Crippen LogP contribution in [0.3, 0.4) is 0 Å². The van der Waals surface area contributed by atoms with Crippen LogP contribution in [0.2, 0.25) is 0 Å². The van der Waals surface area contributed by atoms with Crippen molar-refractivity contribution in [1.29, 1.82) is 0 Å². The summed E-state index contributed by atoms with van der Waals surface area (Å²) in [5.74, 6) is -2.10. The molecule has 0 saturated carbocycles. The minimum absolute atomic E-state index is 0.0336. The number of aromatic nitrogens is 2. The highest BCUT2D eigenvalue weighted by atomic mass is 32.2. The molecule has 0 saturated heterocycles. The van der Waals surface area contributed by atoms with Gasteiger partial charge in [0.05, 0.1) is 11.4 Å². The van der Waals surface area contributed by atoms with Crippen LogP contribution in [0.5, 0.6) is 0 Å². The molecule has 154 valence electrons. The van der Waals surface area contributed by atoms with Crippen molar-refractivity contribution < 1.29 is 17.2 Å². The van der Waals surface area contributed by atoms with Gasteiger partial charge in [-0.3, -0.25) is 4.79 Å². The van der Waals surface area contributed by atoms with Gasteiger partial charge in [-0.1, -0.05) is 30.3 Å². The van der Waals surface area contributed by atoms with E-state index in [0.29, 0.717) is 11.6 Å². The fourth-order valence-corrected chi connectivity index (χ4v) is 4.89. The Morgan fingerprint density at radius 2 is 1.73 bits per heavy atom. The third kappa shape index (κ3) is 3.26. The molecule has 0 amide bonds. The minimum Gasteiger partial charge on any atom is -0.396 e. The molecule has 2 N–H and O–H groups in total. The van der Waals surface area contributed by atoms with Crippen molar-refractivity contribution in [2.75, 3.05) is 5.73 Å². The molecule has 9 heteroatoms. The van der Waals surface area contributed by atoms with E-state index in [1.54, 1.807) is 30.3 Å². The number of anilines is 1. The fourth-order valence-electron chi connectivity index (χ4n) is 3.44. The molecular formula is C21H17F2N3O3S. The first-order valence-electron chi connectivity index (χ1n) is 8.92. The molecule has 2 aromatic heterocycles. The Hall–Kier alpha value is -3.46. The summed E-state index contributed by atoms with van der Waals surface area (Å²) in [6.07, 6.45) is 2.64. The molecule has 4 rings (SSSR count). The summed E-state index contributed by atoms with van der Waals surface area (Å²) >= 11 is 0. The van der Waals surface area contributed by atoms with E-state index in [1.807, 2.05) is 0 Å². The smallest absolute Gasteiger partial charge is 0.275 e. The van der Waals surface area contributed by atoms with E-state index in [1.165, 1.54) is 25.5 Å². The van der Waals surface area contributed by atoms with E-state index in [-0.39, 0.29) is 33.5 Å². The van der Waals surface area contributed by atoms with E-state index in [0.717, 1.165) is 14.6 Å². The first-order chi connectivity index (χ1) is 14.2. The maximum Gasteiger partial charge on any atom is 0.275 e. The molecule has 0 fully saturated rings. The second kappa shape index (κ2) is 7.10. The van der Waals surface area contributed by atoms with E-state index >= 15 is 0 Å². The number of fused-ring (bicyclic) bond motifs is 1. The van der Waals surface area contributed by atoms with Crippen LogP contribution < -0.4 is 11.3 Å². The monoisotopic (exact) mass is 429 g/mol. The van der Waals surface area contributed by atoms with Gasteiger partial charge < -0.3 is 10.3 Å². The number of halogens is 2. The number of benzene rings is 2. The van der Waals surface area contributed by atoms with Gasteiger partial charge in [0.1, 0.15) is 17.2 Å². The van der Waals surface area contributed by atoms with Gasteiger partial charge in [0.25, 0.3) is 5.56 Å². The summed E-state index contributed by atoms with van der Waals surface area (Å²) in [5.41, 5.74) is 5.67. The summed E-state index contributed by atoms with van der Waals surface area (Å²) in [6.45, 7) is 0. The molecule has 0 aliphatic rings. The van der Waals surface area contributed by atoms with Crippen LogP contribution in [0.4, 0.5) is 14.5 Å². The fraction of sp³-hybridized carbons (Fsp3) is 0.0952. The SMILES string of the molecule is Cn1cc(-c2cc(F)cc(F)c2N)c2ccn(S(=O)(=O)Cc3ccccc3)c2c1=O. The van der Waals surface area contributed by atoms with Crippen LogP contribution in [0, 0.1) is 11.6 Å². The maximum absolute atomic E-state index is 14.0. The van der Waals surface area contributed by atoms with Crippen LogP contribution in [0.15, 0.2) is 65.7 Å². The molecule has 0 atom stereocenters. The van der Waals surface area contributed by atoms with Gasteiger partial charge in [-0.15, -0.1) is 0 Å². The predicted molar refractivity (Wildman–Crippen MR) is 111 cm³/mol. The normalized spacial score (nSPS) is 11.8. The molecule has 0 aliphatic heterocycles. The predicted octanol–water partition coefficient (Wildman–Crippen LogP) is 3.25. The third-order valence-electron chi connectivity index (χ3n) is 4.86. The topological polar surface area (TPSA) is 87.1 Å². The standard InChI is InChI=1S/C21H17F2N3O3S/c1-25-11-17(16-9-14(22)10-18(23)19(16)24)15-7-8-26(20(15)21(25)27)30(28,29)12-13-5-3-2-4-6-13/h2-11H,12,24H2,1H3. The third-order valence-corrected chi connectivity index (χ3v) is 6.47.